The predicted octanol–water partition coefficient (Wildman–Crippen LogP) is 2.35. The fourth-order valence-corrected chi connectivity index (χ4v) is 2.84. The summed E-state index contributed by atoms with van der Waals surface area (Å²) in [7, 11) is 0. The Morgan fingerprint density at radius 1 is 1.32 bits per heavy atom. The maximum absolute atomic E-state index is 9.57. The largest absolute Gasteiger partial charge is 0.508 e. The molecule has 0 saturated carbocycles. The molecule has 1 fully saturated rings. The lowest BCUT2D eigenvalue weighted by Gasteiger charge is -2.22. The van der Waals surface area contributed by atoms with Gasteiger partial charge < -0.3 is 10.4 Å². The summed E-state index contributed by atoms with van der Waals surface area (Å²) in [5.41, 5.74) is 3.43. The van der Waals surface area contributed by atoms with E-state index in [2.05, 4.69) is 17.3 Å². The van der Waals surface area contributed by atoms with Crippen molar-refractivity contribution in [3.63, 3.8) is 0 Å². The highest BCUT2D eigenvalue weighted by molar-refractivity contribution is 5.40. The Kier molecular flexibility index (Phi) is 3.25. The molecule has 0 aliphatic carbocycles. The van der Waals surface area contributed by atoms with Gasteiger partial charge in [-0.15, -0.1) is 0 Å². The molecule has 2 heterocycles. The molecule has 3 rings (SSSR count). The molecule has 1 aliphatic rings. The molecular formula is C15H19N3O. The van der Waals surface area contributed by atoms with Gasteiger partial charge in [0.1, 0.15) is 5.75 Å². The maximum Gasteiger partial charge on any atom is 0.117 e. The van der Waals surface area contributed by atoms with Crippen LogP contribution in [0.1, 0.15) is 30.0 Å². The Balaban J connectivity index is 1.94. The van der Waals surface area contributed by atoms with Crippen molar-refractivity contribution in [2.24, 2.45) is 0 Å². The van der Waals surface area contributed by atoms with Crippen molar-refractivity contribution in [2.75, 3.05) is 13.1 Å². The van der Waals surface area contributed by atoms with E-state index < -0.39 is 0 Å². The third-order valence-electron chi connectivity index (χ3n) is 3.90. The first-order valence-electron chi connectivity index (χ1n) is 6.80. The Morgan fingerprint density at radius 2 is 2.11 bits per heavy atom. The van der Waals surface area contributed by atoms with Gasteiger partial charge in [-0.3, -0.25) is 0 Å². The lowest BCUT2D eigenvalue weighted by atomic mass is 9.91. The fourth-order valence-electron chi connectivity index (χ4n) is 2.84. The van der Waals surface area contributed by atoms with Gasteiger partial charge in [0.25, 0.3) is 0 Å². The van der Waals surface area contributed by atoms with Crippen molar-refractivity contribution in [1.82, 2.24) is 15.1 Å². The first kappa shape index (κ1) is 12.2. The van der Waals surface area contributed by atoms with Gasteiger partial charge in [0.2, 0.25) is 0 Å². The highest BCUT2D eigenvalue weighted by atomic mass is 16.3. The summed E-state index contributed by atoms with van der Waals surface area (Å²) in [6.07, 6.45) is 4.33. The van der Waals surface area contributed by atoms with Crippen LogP contribution in [-0.2, 0) is 0 Å². The summed E-state index contributed by atoms with van der Waals surface area (Å²) in [5, 5.41) is 17.4. The Morgan fingerprint density at radius 3 is 2.84 bits per heavy atom. The minimum Gasteiger partial charge on any atom is -0.508 e. The summed E-state index contributed by atoms with van der Waals surface area (Å²) in [5.74, 6) is 0.878. The second-order valence-electron chi connectivity index (χ2n) is 5.14. The topological polar surface area (TPSA) is 50.1 Å². The van der Waals surface area contributed by atoms with Gasteiger partial charge in [-0.2, -0.15) is 5.10 Å². The van der Waals surface area contributed by atoms with Crippen molar-refractivity contribution in [2.45, 2.75) is 25.7 Å². The Bertz CT molecular complexity index is 571. The molecule has 1 aromatic heterocycles. The third kappa shape index (κ3) is 2.36. The number of rotatable bonds is 2. The van der Waals surface area contributed by atoms with E-state index in [4.69, 9.17) is 0 Å². The number of aromatic nitrogens is 2. The van der Waals surface area contributed by atoms with Gasteiger partial charge in [-0.1, -0.05) is 6.07 Å². The lowest BCUT2D eigenvalue weighted by Crippen LogP contribution is -2.26. The molecule has 1 aromatic carbocycles. The zero-order valence-electron chi connectivity index (χ0n) is 11.1. The molecule has 1 aliphatic heterocycles. The number of nitrogens with zero attached hydrogens (tertiary/aromatic N) is 2. The molecular weight excluding hydrogens is 238 g/mol. The number of phenolic OH excluding ortho intramolecular Hbond substituents is 1. The molecule has 4 nitrogen and oxygen atoms in total. The van der Waals surface area contributed by atoms with Gasteiger partial charge in [0.15, 0.2) is 0 Å². The summed E-state index contributed by atoms with van der Waals surface area (Å²) in [6.45, 7) is 4.28. The molecule has 0 radical (unpaired) electrons. The quantitative estimate of drug-likeness (QED) is 0.868. The fraction of sp³-hybridized carbons (Fsp3) is 0.400. The van der Waals surface area contributed by atoms with Crippen LogP contribution in [0.5, 0.6) is 5.75 Å². The molecule has 100 valence electrons. The molecule has 19 heavy (non-hydrogen) atoms. The molecule has 2 aromatic rings. The van der Waals surface area contributed by atoms with Crippen molar-refractivity contribution in [3.05, 3.63) is 41.7 Å². The Hall–Kier alpha value is -1.81. The van der Waals surface area contributed by atoms with Crippen LogP contribution in [0.2, 0.25) is 0 Å². The van der Waals surface area contributed by atoms with Crippen LogP contribution in [0.25, 0.3) is 5.69 Å². The second kappa shape index (κ2) is 5.05. The maximum atomic E-state index is 9.57. The lowest BCUT2D eigenvalue weighted by molar-refractivity contribution is 0.459. The molecule has 4 heteroatoms. The van der Waals surface area contributed by atoms with Crippen LogP contribution < -0.4 is 5.32 Å². The smallest absolute Gasteiger partial charge is 0.117 e. The van der Waals surface area contributed by atoms with Crippen LogP contribution in [0, 0.1) is 6.92 Å². The number of aromatic hydroxyl groups is 1. The number of benzene rings is 1. The standard InChI is InChI=1S/C15H19N3O/c1-11-15(12-5-7-16-8-6-12)10-17-18(11)13-3-2-4-14(19)9-13/h2-4,9-10,12,16,19H,5-8H2,1H3. The highest BCUT2D eigenvalue weighted by Crippen LogP contribution is 2.29. The van der Waals surface area contributed by atoms with Gasteiger partial charge in [0, 0.05) is 11.8 Å². The van der Waals surface area contributed by atoms with Crippen molar-refractivity contribution in [1.29, 1.82) is 0 Å². The molecule has 0 spiro atoms. The zero-order chi connectivity index (χ0) is 13.2. The van der Waals surface area contributed by atoms with E-state index in [-0.39, 0.29) is 5.75 Å². The molecule has 0 atom stereocenters. The molecule has 0 bridgehead atoms. The van der Waals surface area contributed by atoms with Crippen LogP contribution in [0.3, 0.4) is 0 Å². The average Bonchev–Trinajstić information content (AvgIpc) is 2.81. The summed E-state index contributed by atoms with van der Waals surface area (Å²) in [6, 6.07) is 7.23. The van der Waals surface area contributed by atoms with Crippen LogP contribution in [0.15, 0.2) is 30.5 Å². The van der Waals surface area contributed by atoms with Crippen molar-refractivity contribution < 1.29 is 5.11 Å². The number of hydrogen-bond donors (Lipinski definition) is 2. The third-order valence-corrected chi connectivity index (χ3v) is 3.90. The SMILES string of the molecule is Cc1c(C2CCNCC2)cnn1-c1cccc(O)c1. The second-order valence-corrected chi connectivity index (χ2v) is 5.14. The number of hydrogen-bond acceptors (Lipinski definition) is 3. The van der Waals surface area contributed by atoms with Crippen LogP contribution >= 0.6 is 0 Å². The van der Waals surface area contributed by atoms with E-state index in [1.165, 1.54) is 24.1 Å². The predicted molar refractivity (Wildman–Crippen MR) is 74.8 cm³/mol. The van der Waals surface area contributed by atoms with Gasteiger partial charge in [0.05, 0.1) is 11.9 Å². The number of piperidine rings is 1. The first-order chi connectivity index (χ1) is 9.25. The first-order valence-corrected chi connectivity index (χ1v) is 6.80. The minimum atomic E-state index is 0.274. The summed E-state index contributed by atoms with van der Waals surface area (Å²) in [4.78, 5) is 0. The average molecular weight is 257 g/mol. The molecule has 0 amide bonds. The monoisotopic (exact) mass is 257 g/mol. The van der Waals surface area contributed by atoms with Gasteiger partial charge in [-0.05, 0) is 56.5 Å². The van der Waals surface area contributed by atoms with E-state index in [0.29, 0.717) is 5.92 Å². The van der Waals surface area contributed by atoms with E-state index >= 15 is 0 Å². The normalized spacial score (nSPS) is 16.7. The summed E-state index contributed by atoms with van der Waals surface area (Å²) < 4.78 is 1.91. The molecule has 0 unspecified atom stereocenters. The van der Waals surface area contributed by atoms with Crippen LogP contribution in [0.4, 0.5) is 0 Å². The summed E-state index contributed by atoms with van der Waals surface area (Å²) >= 11 is 0. The number of phenols is 1. The van der Waals surface area contributed by atoms with Crippen molar-refractivity contribution in [3.8, 4) is 11.4 Å². The zero-order valence-corrected chi connectivity index (χ0v) is 11.1. The van der Waals surface area contributed by atoms with E-state index in [9.17, 15) is 5.11 Å². The van der Waals surface area contributed by atoms with Gasteiger partial charge in [-0.25, -0.2) is 4.68 Å². The van der Waals surface area contributed by atoms with E-state index in [0.717, 1.165) is 18.8 Å². The van der Waals surface area contributed by atoms with E-state index in [1.54, 1.807) is 12.1 Å². The molecule has 2 N–H and O–H groups in total. The van der Waals surface area contributed by atoms with Gasteiger partial charge >= 0.3 is 0 Å². The van der Waals surface area contributed by atoms with Crippen molar-refractivity contribution >= 4 is 0 Å². The Labute approximate surface area is 113 Å². The highest BCUT2D eigenvalue weighted by Gasteiger charge is 2.20. The van der Waals surface area contributed by atoms with Crippen LogP contribution in [-0.4, -0.2) is 28.0 Å². The molecule has 1 saturated heterocycles. The van der Waals surface area contributed by atoms with E-state index in [1.807, 2.05) is 23.0 Å². The number of nitrogens with one attached hydrogen (secondary N) is 1. The minimum absolute atomic E-state index is 0.274.